The van der Waals surface area contributed by atoms with E-state index in [9.17, 15) is 18.4 Å². The fourth-order valence-corrected chi connectivity index (χ4v) is 2.97. The standard InChI is InChI=1S/C21H17BrF2N2O5/c1-29-17-9-12(5-6-15(17)31-21(23)24)11-25-19(27)13-3-2-4-14(10-13)26-20(28)16-7-8-18(22)30-16/h2-10,21H,11H2,1H3,(H,25,27)(H,26,28). The molecule has 2 aromatic carbocycles. The number of halogens is 3. The first-order valence-corrected chi connectivity index (χ1v) is 9.71. The molecule has 7 nitrogen and oxygen atoms in total. The van der Waals surface area contributed by atoms with Crippen LogP contribution in [-0.2, 0) is 6.54 Å². The molecule has 1 aromatic heterocycles. The number of carbonyl (C=O) groups is 2. The van der Waals surface area contributed by atoms with Crippen LogP contribution in [0.1, 0.15) is 26.5 Å². The van der Waals surface area contributed by atoms with Crippen molar-refractivity contribution in [3.8, 4) is 11.5 Å². The number of benzene rings is 2. The van der Waals surface area contributed by atoms with Gasteiger partial charge in [0.25, 0.3) is 11.8 Å². The quantitative estimate of drug-likeness (QED) is 0.467. The Kier molecular flexibility index (Phi) is 7.24. The normalized spacial score (nSPS) is 10.6. The monoisotopic (exact) mass is 494 g/mol. The first-order valence-electron chi connectivity index (χ1n) is 8.92. The maximum Gasteiger partial charge on any atom is 0.387 e. The first-order chi connectivity index (χ1) is 14.9. The minimum Gasteiger partial charge on any atom is -0.493 e. The van der Waals surface area contributed by atoms with Gasteiger partial charge in [-0.2, -0.15) is 8.78 Å². The van der Waals surface area contributed by atoms with Gasteiger partial charge in [0.15, 0.2) is 21.9 Å². The number of anilines is 1. The zero-order valence-electron chi connectivity index (χ0n) is 16.2. The largest absolute Gasteiger partial charge is 0.493 e. The average Bonchev–Trinajstić information content (AvgIpc) is 3.19. The molecule has 0 bridgehead atoms. The predicted molar refractivity (Wildman–Crippen MR) is 112 cm³/mol. The minimum atomic E-state index is -2.97. The van der Waals surface area contributed by atoms with Crippen LogP contribution in [-0.4, -0.2) is 25.5 Å². The van der Waals surface area contributed by atoms with Crippen LogP contribution in [0.25, 0.3) is 0 Å². The highest BCUT2D eigenvalue weighted by molar-refractivity contribution is 9.10. The summed E-state index contributed by atoms with van der Waals surface area (Å²) in [6.45, 7) is -2.84. The zero-order chi connectivity index (χ0) is 22.4. The second kappa shape index (κ2) is 10.1. The molecule has 0 radical (unpaired) electrons. The van der Waals surface area contributed by atoms with Gasteiger partial charge in [-0.15, -0.1) is 0 Å². The summed E-state index contributed by atoms with van der Waals surface area (Å²) >= 11 is 3.13. The molecular formula is C21H17BrF2N2O5. The van der Waals surface area contributed by atoms with Gasteiger partial charge in [0, 0.05) is 17.8 Å². The summed E-state index contributed by atoms with van der Waals surface area (Å²) in [4.78, 5) is 24.7. The van der Waals surface area contributed by atoms with Crippen LogP contribution >= 0.6 is 15.9 Å². The average molecular weight is 495 g/mol. The van der Waals surface area contributed by atoms with Gasteiger partial charge in [0.2, 0.25) is 0 Å². The van der Waals surface area contributed by atoms with Crippen LogP contribution in [0, 0.1) is 0 Å². The van der Waals surface area contributed by atoms with E-state index in [1.54, 1.807) is 30.3 Å². The molecule has 3 rings (SSSR count). The van der Waals surface area contributed by atoms with Crippen molar-refractivity contribution < 1.29 is 32.3 Å². The van der Waals surface area contributed by atoms with Gasteiger partial charge in [-0.25, -0.2) is 0 Å². The summed E-state index contributed by atoms with van der Waals surface area (Å²) in [5.74, 6) is -0.693. The fraction of sp³-hybridized carbons (Fsp3) is 0.143. The second-order valence-electron chi connectivity index (χ2n) is 6.19. The van der Waals surface area contributed by atoms with Crippen molar-refractivity contribution in [2.24, 2.45) is 0 Å². The van der Waals surface area contributed by atoms with E-state index in [2.05, 4.69) is 31.3 Å². The molecule has 2 amide bonds. The smallest absolute Gasteiger partial charge is 0.387 e. The number of methoxy groups -OCH3 is 1. The van der Waals surface area contributed by atoms with Crippen molar-refractivity contribution in [1.29, 1.82) is 0 Å². The number of ether oxygens (including phenoxy) is 2. The highest BCUT2D eigenvalue weighted by atomic mass is 79.9. The number of furan rings is 1. The predicted octanol–water partition coefficient (Wildman–Crippen LogP) is 4.83. The van der Waals surface area contributed by atoms with Gasteiger partial charge >= 0.3 is 6.61 Å². The number of alkyl halides is 2. The van der Waals surface area contributed by atoms with Gasteiger partial charge < -0.3 is 24.5 Å². The molecule has 0 saturated heterocycles. The summed E-state index contributed by atoms with van der Waals surface area (Å²) < 4.78 is 39.9. The Morgan fingerprint density at radius 3 is 2.55 bits per heavy atom. The molecule has 0 aliphatic rings. The number of rotatable bonds is 8. The Labute approximate surface area is 184 Å². The van der Waals surface area contributed by atoms with Gasteiger partial charge in [-0.1, -0.05) is 12.1 Å². The van der Waals surface area contributed by atoms with E-state index in [4.69, 9.17) is 9.15 Å². The molecule has 0 saturated carbocycles. The third-order valence-corrected chi connectivity index (χ3v) is 4.50. The third kappa shape index (κ3) is 6.05. The Morgan fingerprint density at radius 1 is 1.06 bits per heavy atom. The lowest BCUT2D eigenvalue weighted by molar-refractivity contribution is -0.0512. The summed E-state index contributed by atoms with van der Waals surface area (Å²) in [6.07, 6.45) is 0. The van der Waals surface area contributed by atoms with Crippen molar-refractivity contribution in [1.82, 2.24) is 5.32 Å². The van der Waals surface area contributed by atoms with Gasteiger partial charge in [-0.3, -0.25) is 9.59 Å². The molecule has 31 heavy (non-hydrogen) atoms. The summed E-state index contributed by atoms with van der Waals surface area (Å²) in [6, 6.07) is 13.9. The molecule has 0 atom stereocenters. The lowest BCUT2D eigenvalue weighted by atomic mass is 10.1. The number of hydrogen-bond donors (Lipinski definition) is 2. The van der Waals surface area contributed by atoms with Crippen LogP contribution in [0.15, 0.2) is 63.7 Å². The Hall–Kier alpha value is -3.40. The molecular weight excluding hydrogens is 478 g/mol. The zero-order valence-corrected chi connectivity index (χ0v) is 17.7. The highest BCUT2D eigenvalue weighted by Gasteiger charge is 2.14. The van der Waals surface area contributed by atoms with Gasteiger partial charge in [0.1, 0.15) is 0 Å². The van der Waals surface area contributed by atoms with E-state index in [-0.39, 0.29) is 29.7 Å². The van der Waals surface area contributed by atoms with Crippen LogP contribution in [0.3, 0.4) is 0 Å². The van der Waals surface area contributed by atoms with E-state index in [0.29, 0.717) is 21.5 Å². The van der Waals surface area contributed by atoms with E-state index in [1.807, 2.05) is 0 Å². The van der Waals surface area contributed by atoms with E-state index < -0.39 is 12.5 Å². The van der Waals surface area contributed by atoms with Crippen molar-refractivity contribution in [3.63, 3.8) is 0 Å². The van der Waals surface area contributed by atoms with Crippen molar-refractivity contribution in [2.75, 3.05) is 12.4 Å². The molecule has 2 N–H and O–H groups in total. The highest BCUT2D eigenvalue weighted by Crippen LogP contribution is 2.29. The number of carbonyl (C=O) groups excluding carboxylic acids is 2. The Morgan fingerprint density at radius 2 is 1.87 bits per heavy atom. The maximum atomic E-state index is 12.5. The van der Waals surface area contributed by atoms with E-state index in [1.165, 1.54) is 31.4 Å². The SMILES string of the molecule is COc1cc(CNC(=O)c2cccc(NC(=O)c3ccc(Br)o3)c2)ccc1OC(F)F. The lowest BCUT2D eigenvalue weighted by Gasteiger charge is -2.12. The van der Waals surface area contributed by atoms with Crippen molar-refractivity contribution >= 4 is 33.4 Å². The van der Waals surface area contributed by atoms with Crippen LogP contribution in [0.2, 0.25) is 0 Å². The Balaban J connectivity index is 1.63. The molecule has 0 aliphatic heterocycles. The molecule has 0 aliphatic carbocycles. The Bertz CT molecular complexity index is 1090. The van der Waals surface area contributed by atoms with E-state index >= 15 is 0 Å². The van der Waals surface area contributed by atoms with Crippen LogP contribution in [0.4, 0.5) is 14.5 Å². The van der Waals surface area contributed by atoms with Crippen molar-refractivity contribution in [2.45, 2.75) is 13.2 Å². The minimum absolute atomic E-state index is 0.0976. The lowest BCUT2D eigenvalue weighted by Crippen LogP contribution is -2.23. The fourth-order valence-electron chi connectivity index (χ4n) is 2.67. The first kappa shape index (κ1) is 22.3. The van der Waals surface area contributed by atoms with Crippen LogP contribution in [0.5, 0.6) is 11.5 Å². The van der Waals surface area contributed by atoms with Gasteiger partial charge in [0.05, 0.1) is 7.11 Å². The maximum absolute atomic E-state index is 12.5. The summed E-state index contributed by atoms with van der Waals surface area (Å²) in [5.41, 5.74) is 1.36. The van der Waals surface area contributed by atoms with Crippen molar-refractivity contribution in [3.05, 3.63) is 76.2 Å². The number of hydrogen-bond acceptors (Lipinski definition) is 5. The summed E-state index contributed by atoms with van der Waals surface area (Å²) in [5, 5.41) is 5.37. The summed E-state index contributed by atoms with van der Waals surface area (Å²) in [7, 11) is 1.33. The molecule has 1 heterocycles. The second-order valence-corrected chi connectivity index (χ2v) is 6.97. The number of amides is 2. The topological polar surface area (TPSA) is 89.8 Å². The molecule has 10 heteroatoms. The molecule has 162 valence electrons. The third-order valence-electron chi connectivity index (χ3n) is 4.08. The van der Waals surface area contributed by atoms with Crippen LogP contribution < -0.4 is 20.1 Å². The molecule has 0 unspecified atom stereocenters. The van der Waals surface area contributed by atoms with Gasteiger partial charge in [-0.05, 0) is 64.0 Å². The molecule has 0 fully saturated rings. The molecule has 0 spiro atoms. The van der Waals surface area contributed by atoms with E-state index in [0.717, 1.165) is 0 Å². The number of nitrogens with one attached hydrogen (secondary N) is 2. The molecule has 3 aromatic rings.